The average molecular weight is 300 g/mol. The van der Waals surface area contributed by atoms with Crippen LogP contribution in [0, 0.1) is 0 Å². The molecule has 16 heavy (non-hydrogen) atoms. The van der Waals surface area contributed by atoms with Crippen LogP contribution in [-0.2, 0) is 49.8 Å². The number of carbonyl (C=O) groups is 4. The van der Waals surface area contributed by atoms with E-state index in [-0.39, 0.29) is 17.1 Å². The van der Waals surface area contributed by atoms with Crippen LogP contribution in [0.25, 0.3) is 0 Å². The predicted molar refractivity (Wildman–Crippen MR) is 56.4 cm³/mol. The molecule has 0 aromatic heterocycles. The fourth-order valence-corrected chi connectivity index (χ4v) is 0.671. The summed E-state index contributed by atoms with van der Waals surface area (Å²) in [5, 5.41) is 0. The van der Waals surface area contributed by atoms with E-state index in [0.29, 0.717) is 0 Å². The van der Waals surface area contributed by atoms with E-state index in [1.54, 1.807) is 21.3 Å². The quantitative estimate of drug-likeness (QED) is 0.550. The fraction of sp³-hybridized carbons (Fsp3) is 0.429. The molecular weight excluding hydrogens is 283 g/mol. The van der Waals surface area contributed by atoms with Crippen LogP contribution in [0.1, 0.15) is 0 Å². The average Bonchev–Trinajstić information content (AvgIpc) is 2.41. The minimum absolute atomic E-state index is 0. The first-order valence-corrected chi connectivity index (χ1v) is 4.02. The molecule has 0 amide bonds. The zero-order valence-corrected chi connectivity index (χ0v) is 11.5. The molecule has 0 fully saturated rings. The second-order valence-electron chi connectivity index (χ2n) is 0.771. The first-order chi connectivity index (χ1) is 7.35. The van der Waals surface area contributed by atoms with E-state index in [9.17, 15) is 0 Å². The van der Waals surface area contributed by atoms with Gasteiger partial charge in [0.25, 0.3) is 0 Å². The van der Waals surface area contributed by atoms with E-state index in [0.717, 1.165) is 0 Å². The molecule has 0 atom stereocenters. The molecule has 0 N–H and O–H groups in total. The maximum atomic E-state index is 8.00. The van der Waals surface area contributed by atoms with Crippen LogP contribution in [0.15, 0.2) is 0 Å². The van der Waals surface area contributed by atoms with Crippen molar-refractivity contribution in [2.24, 2.45) is 0 Å². The smallest absolute Gasteiger partial charge is 0.316 e. The van der Waals surface area contributed by atoms with Crippen molar-refractivity contribution in [1.29, 1.82) is 0 Å². The van der Waals surface area contributed by atoms with Crippen molar-refractivity contribution in [1.82, 2.24) is 0 Å². The normalized spacial score (nSPS) is 5.50. The van der Waals surface area contributed by atoms with Crippen LogP contribution in [0.4, 0.5) is 0 Å². The monoisotopic (exact) mass is 300 g/mol. The minimum Gasteiger partial charge on any atom is -0.316 e. The third-order valence-electron chi connectivity index (χ3n) is 0.447. The second kappa shape index (κ2) is 87.2. The third-order valence-corrected chi connectivity index (χ3v) is 1.34. The summed E-state index contributed by atoms with van der Waals surface area (Å²) in [6.07, 6.45) is 0. The van der Waals surface area contributed by atoms with E-state index in [4.69, 9.17) is 19.2 Å². The Bertz CT molecular complexity index is 73.6. The Morgan fingerprint density at radius 3 is 0.750 bits per heavy atom. The van der Waals surface area contributed by atoms with Gasteiger partial charge in [0.2, 0.25) is 0 Å². The largest absolute Gasteiger partial charge is 0.331 e. The topological polar surface area (TPSA) is 96.0 Å². The van der Waals surface area contributed by atoms with Gasteiger partial charge in [-0.1, -0.05) is 0 Å². The maximum Gasteiger partial charge on any atom is 0.331 e. The Kier molecular flexibility index (Phi) is 197. The van der Waals surface area contributed by atoms with Gasteiger partial charge in [0.15, 0.2) is 0 Å². The molecule has 0 aromatic carbocycles. The molecule has 0 saturated carbocycles. The van der Waals surface area contributed by atoms with Gasteiger partial charge in [-0.15, -0.1) is 0 Å². The van der Waals surface area contributed by atoms with Crippen LogP contribution < -0.4 is 0 Å². The molecule has 0 aliphatic heterocycles. The third kappa shape index (κ3) is 69.6. The first-order valence-electron chi connectivity index (χ1n) is 2.93. The Morgan fingerprint density at radius 2 is 0.750 bits per heavy atom. The molecule has 7 nitrogen and oxygen atoms in total. The Morgan fingerprint density at radius 1 is 0.625 bits per heavy atom. The molecule has 0 radical (unpaired) electrons. The molecule has 9 heteroatoms. The van der Waals surface area contributed by atoms with Gasteiger partial charge in [0, 0.05) is 38.4 Å². The zero-order chi connectivity index (χ0) is 13.7. The van der Waals surface area contributed by atoms with Gasteiger partial charge in [0.1, 0.15) is 27.2 Å². The van der Waals surface area contributed by atoms with Gasteiger partial charge in [-0.2, -0.15) is 0 Å². The molecule has 100 valence electrons. The SMILES string of the molecule is C=O.C=O.C=O.C=O.COP(OC)OC.[Fe]. The molecule has 0 aliphatic rings. The molecule has 0 bridgehead atoms. The Labute approximate surface area is 107 Å². The fourth-order valence-electron chi connectivity index (χ4n) is 0.224. The van der Waals surface area contributed by atoms with Crippen LogP contribution in [0.3, 0.4) is 0 Å². The van der Waals surface area contributed by atoms with Crippen molar-refractivity contribution in [2.75, 3.05) is 21.3 Å². The van der Waals surface area contributed by atoms with Crippen molar-refractivity contribution in [3.63, 3.8) is 0 Å². The van der Waals surface area contributed by atoms with Crippen molar-refractivity contribution < 1.29 is 49.8 Å². The van der Waals surface area contributed by atoms with Gasteiger partial charge in [-0.25, -0.2) is 0 Å². The molecule has 0 aromatic rings. The molecular formula is C7H17FeO7P. The van der Waals surface area contributed by atoms with Crippen molar-refractivity contribution >= 4 is 35.8 Å². The van der Waals surface area contributed by atoms with Crippen molar-refractivity contribution in [3.05, 3.63) is 0 Å². The van der Waals surface area contributed by atoms with Crippen LogP contribution >= 0.6 is 8.60 Å². The van der Waals surface area contributed by atoms with Crippen LogP contribution in [0.5, 0.6) is 0 Å². The van der Waals surface area contributed by atoms with Gasteiger partial charge in [-0.05, 0) is 0 Å². The Balaban J connectivity index is -0.0000000238. The number of rotatable bonds is 3. The molecule has 0 spiro atoms. The first kappa shape index (κ1) is 36.1. The number of carbonyl (C=O) groups excluding carboxylic acids is 4. The van der Waals surface area contributed by atoms with Gasteiger partial charge in [0.05, 0.1) is 0 Å². The van der Waals surface area contributed by atoms with Crippen molar-refractivity contribution in [2.45, 2.75) is 0 Å². The second-order valence-corrected chi connectivity index (χ2v) is 2.31. The van der Waals surface area contributed by atoms with Gasteiger partial charge >= 0.3 is 8.60 Å². The summed E-state index contributed by atoms with van der Waals surface area (Å²) in [6.45, 7) is 8.00. The summed E-state index contributed by atoms with van der Waals surface area (Å²) in [4.78, 5) is 32.0. The number of hydrogen-bond acceptors (Lipinski definition) is 7. The summed E-state index contributed by atoms with van der Waals surface area (Å²) >= 11 is 0. The number of hydrogen-bond donors (Lipinski definition) is 0. The van der Waals surface area contributed by atoms with E-state index in [1.165, 1.54) is 0 Å². The standard InChI is InChI=1S/C3H9O3P.4CH2O.Fe/c1-4-7(5-2)6-3;4*1-2;/h1-3H3;4*1H2;. The molecule has 0 unspecified atom stereocenters. The summed E-state index contributed by atoms with van der Waals surface area (Å²) < 4.78 is 14.0. The van der Waals surface area contributed by atoms with Gasteiger partial charge < -0.3 is 32.7 Å². The summed E-state index contributed by atoms with van der Waals surface area (Å²) in [7, 11) is 3.57. The van der Waals surface area contributed by atoms with Crippen molar-refractivity contribution in [3.8, 4) is 0 Å². The predicted octanol–water partition coefficient (Wildman–Crippen LogP) is 0.410. The zero-order valence-electron chi connectivity index (χ0n) is 9.49. The maximum absolute atomic E-state index is 8.00. The van der Waals surface area contributed by atoms with E-state index < -0.39 is 8.60 Å². The minimum atomic E-state index is -1.05. The van der Waals surface area contributed by atoms with E-state index in [1.807, 2.05) is 27.2 Å². The molecule has 0 rings (SSSR count). The summed E-state index contributed by atoms with van der Waals surface area (Å²) in [6, 6.07) is 0. The van der Waals surface area contributed by atoms with Gasteiger partial charge in [-0.3, -0.25) is 0 Å². The van der Waals surface area contributed by atoms with Crippen LogP contribution in [-0.4, -0.2) is 48.5 Å². The molecule has 0 heterocycles. The summed E-state index contributed by atoms with van der Waals surface area (Å²) in [5.74, 6) is 0. The molecule has 0 saturated heterocycles. The van der Waals surface area contributed by atoms with Crippen LogP contribution in [0.2, 0.25) is 0 Å². The van der Waals surface area contributed by atoms with E-state index >= 15 is 0 Å². The Hall–Kier alpha value is -0.491. The van der Waals surface area contributed by atoms with E-state index in [2.05, 4.69) is 13.6 Å². The summed E-state index contributed by atoms with van der Waals surface area (Å²) in [5.41, 5.74) is 0. The molecule has 0 aliphatic carbocycles.